The Morgan fingerprint density at radius 1 is 0.952 bits per heavy atom. The average molecular weight is 287 g/mol. The number of anilines is 1. The number of nitrogens with two attached hydrogens (primary N) is 1. The molecule has 2 aromatic carbocycles. The van der Waals surface area contributed by atoms with E-state index in [1.807, 2.05) is 42.5 Å². The number of rotatable bonds is 8. The van der Waals surface area contributed by atoms with Gasteiger partial charge in [0, 0.05) is 24.8 Å². The smallest absolute Gasteiger partial charge is 0.122 e. The van der Waals surface area contributed by atoms with Gasteiger partial charge in [-0.25, -0.2) is 0 Å². The molecule has 0 bridgehead atoms. The molecule has 21 heavy (non-hydrogen) atoms. The molecule has 0 saturated carbocycles. The molecule has 4 nitrogen and oxygen atoms in total. The Kier molecular flexibility index (Phi) is 5.91. The summed E-state index contributed by atoms with van der Waals surface area (Å²) >= 11 is 0. The maximum Gasteiger partial charge on any atom is 0.122 e. The van der Waals surface area contributed by atoms with Gasteiger partial charge in [0.2, 0.25) is 0 Å². The van der Waals surface area contributed by atoms with Crippen LogP contribution >= 0.6 is 0 Å². The molecule has 3 N–H and O–H groups in total. The van der Waals surface area contributed by atoms with Crippen molar-refractivity contribution in [2.45, 2.75) is 12.8 Å². The molecule has 0 unspecified atom stereocenters. The third-order valence-electron chi connectivity index (χ3n) is 3.03. The fraction of sp³-hybridized carbons (Fsp3) is 0.294. The number of aliphatic hydroxyl groups is 1. The molecule has 0 fully saturated rings. The van der Waals surface area contributed by atoms with Crippen LogP contribution in [0.25, 0.3) is 0 Å². The van der Waals surface area contributed by atoms with Crippen LogP contribution in [-0.4, -0.2) is 24.9 Å². The lowest BCUT2D eigenvalue weighted by molar-refractivity contribution is 0.244. The van der Waals surface area contributed by atoms with E-state index in [0.29, 0.717) is 25.3 Å². The molecule has 0 aromatic heterocycles. The second kappa shape index (κ2) is 8.17. The molecule has 0 aliphatic carbocycles. The molecule has 0 radical (unpaired) electrons. The van der Waals surface area contributed by atoms with E-state index in [4.69, 9.17) is 20.3 Å². The zero-order valence-corrected chi connectivity index (χ0v) is 12.0. The molecular formula is C17H21NO3. The van der Waals surface area contributed by atoms with E-state index in [2.05, 4.69) is 0 Å². The van der Waals surface area contributed by atoms with Gasteiger partial charge in [-0.05, 0) is 30.2 Å². The van der Waals surface area contributed by atoms with E-state index < -0.39 is 0 Å². The van der Waals surface area contributed by atoms with E-state index in [-0.39, 0.29) is 6.61 Å². The normalized spacial score (nSPS) is 10.3. The molecule has 4 heteroatoms. The highest BCUT2D eigenvalue weighted by molar-refractivity contribution is 5.43. The first-order valence-corrected chi connectivity index (χ1v) is 7.09. The fourth-order valence-corrected chi connectivity index (χ4v) is 2.01. The van der Waals surface area contributed by atoms with Crippen molar-refractivity contribution in [1.82, 2.24) is 0 Å². The number of benzene rings is 2. The summed E-state index contributed by atoms with van der Waals surface area (Å²) in [6.07, 6.45) is 1.39. The van der Waals surface area contributed by atoms with Crippen LogP contribution in [0.2, 0.25) is 0 Å². The SMILES string of the molecule is Nc1cccc(OCCCOc2ccccc2CCO)c1. The van der Waals surface area contributed by atoms with Gasteiger partial charge in [-0.1, -0.05) is 24.3 Å². The summed E-state index contributed by atoms with van der Waals surface area (Å²) in [5, 5.41) is 9.02. The second-order valence-corrected chi connectivity index (χ2v) is 4.70. The number of nitrogen functional groups attached to an aromatic ring is 1. The van der Waals surface area contributed by atoms with Gasteiger partial charge in [0.15, 0.2) is 0 Å². The summed E-state index contributed by atoms with van der Waals surface area (Å²) in [6.45, 7) is 1.27. The predicted octanol–water partition coefficient (Wildman–Crippen LogP) is 2.65. The fourth-order valence-electron chi connectivity index (χ4n) is 2.01. The molecule has 0 atom stereocenters. The van der Waals surface area contributed by atoms with Gasteiger partial charge >= 0.3 is 0 Å². The van der Waals surface area contributed by atoms with Crippen LogP contribution in [-0.2, 0) is 6.42 Å². The minimum atomic E-state index is 0.124. The molecule has 2 rings (SSSR count). The van der Waals surface area contributed by atoms with Crippen LogP contribution in [0.4, 0.5) is 5.69 Å². The molecule has 0 amide bonds. The quantitative estimate of drug-likeness (QED) is 0.578. The van der Waals surface area contributed by atoms with Crippen molar-refractivity contribution in [3.63, 3.8) is 0 Å². The number of para-hydroxylation sites is 1. The van der Waals surface area contributed by atoms with Crippen LogP contribution in [0.1, 0.15) is 12.0 Å². The van der Waals surface area contributed by atoms with Crippen LogP contribution in [0.15, 0.2) is 48.5 Å². The van der Waals surface area contributed by atoms with Gasteiger partial charge < -0.3 is 20.3 Å². The summed E-state index contributed by atoms with van der Waals surface area (Å²) in [7, 11) is 0. The zero-order chi connectivity index (χ0) is 14.9. The lowest BCUT2D eigenvalue weighted by atomic mass is 10.1. The first-order chi connectivity index (χ1) is 10.3. The maximum atomic E-state index is 9.02. The van der Waals surface area contributed by atoms with Crippen molar-refractivity contribution >= 4 is 5.69 Å². The molecular weight excluding hydrogens is 266 g/mol. The summed E-state index contributed by atoms with van der Waals surface area (Å²) in [5.41, 5.74) is 7.41. The Morgan fingerprint density at radius 3 is 2.57 bits per heavy atom. The Balaban J connectivity index is 1.72. The first-order valence-electron chi connectivity index (χ1n) is 7.09. The molecule has 0 aliphatic heterocycles. The van der Waals surface area contributed by atoms with Crippen LogP contribution in [0, 0.1) is 0 Å². The third-order valence-corrected chi connectivity index (χ3v) is 3.03. The summed E-state index contributed by atoms with van der Waals surface area (Å²) in [6, 6.07) is 15.1. The van der Waals surface area contributed by atoms with E-state index in [1.54, 1.807) is 6.07 Å². The van der Waals surface area contributed by atoms with Gasteiger partial charge in [-0.15, -0.1) is 0 Å². The molecule has 0 spiro atoms. The Labute approximate surface area is 125 Å². The van der Waals surface area contributed by atoms with Crippen molar-refractivity contribution in [3.05, 3.63) is 54.1 Å². The monoisotopic (exact) mass is 287 g/mol. The van der Waals surface area contributed by atoms with Crippen molar-refractivity contribution in [1.29, 1.82) is 0 Å². The highest BCUT2D eigenvalue weighted by Crippen LogP contribution is 2.19. The summed E-state index contributed by atoms with van der Waals surface area (Å²) in [4.78, 5) is 0. The van der Waals surface area contributed by atoms with Crippen LogP contribution < -0.4 is 15.2 Å². The number of hydrogen-bond acceptors (Lipinski definition) is 4. The van der Waals surface area contributed by atoms with Gasteiger partial charge in [-0.3, -0.25) is 0 Å². The topological polar surface area (TPSA) is 64.7 Å². The highest BCUT2D eigenvalue weighted by atomic mass is 16.5. The molecule has 0 aliphatic rings. The summed E-state index contributed by atoms with van der Waals surface area (Å²) in [5.74, 6) is 1.60. The van der Waals surface area contributed by atoms with Crippen molar-refractivity contribution in [3.8, 4) is 11.5 Å². The van der Waals surface area contributed by atoms with Crippen molar-refractivity contribution in [2.75, 3.05) is 25.6 Å². The molecule has 112 valence electrons. The maximum absolute atomic E-state index is 9.02. The van der Waals surface area contributed by atoms with E-state index in [9.17, 15) is 0 Å². The van der Waals surface area contributed by atoms with Gasteiger partial charge in [0.1, 0.15) is 11.5 Å². The lowest BCUT2D eigenvalue weighted by Crippen LogP contribution is -2.06. The first kappa shape index (κ1) is 15.2. The zero-order valence-electron chi connectivity index (χ0n) is 12.0. The van der Waals surface area contributed by atoms with E-state index in [0.717, 1.165) is 23.5 Å². The van der Waals surface area contributed by atoms with Crippen LogP contribution in [0.5, 0.6) is 11.5 Å². The number of ether oxygens (including phenoxy) is 2. The van der Waals surface area contributed by atoms with Gasteiger partial charge in [0.25, 0.3) is 0 Å². The largest absolute Gasteiger partial charge is 0.493 e. The molecule has 0 heterocycles. The molecule has 0 saturated heterocycles. The Morgan fingerprint density at radius 2 is 1.76 bits per heavy atom. The van der Waals surface area contributed by atoms with Crippen molar-refractivity contribution in [2.24, 2.45) is 0 Å². The van der Waals surface area contributed by atoms with E-state index >= 15 is 0 Å². The minimum absolute atomic E-state index is 0.124. The second-order valence-electron chi connectivity index (χ2n) is 4.70. The predicted molar refractivity (Wildman–Crippen MR) is 83.7 cm³/mol. The van der Waals surface area contributed by atoms with Crippen molar-refractivity contribution < 1.29 is 14.6 Å². The van der Waals surface area contributed by atoms with Gasteiger partial charge in [-0.2, -0.15) is 0 Å². The third kappa shape index (κ3) is 5.00. The number of hydrogen-bond donors (Lipinski definition) is 2. The Hall–Kier alpha value is -2.20. The van der Waals surface area contributed by atoms with E-state index in [1.165, 1.54) is 0 Å². The molecule has 2 aromatic rings. The summed E-state index contributed by atoms with van der Waals surface area (Å²) < 4.78 is 11.3. The number of aliphatic hydroxyl groups excluding tert-OH is 1. The van der Waals surface area contributed by atoms with Crippen LogP contribution in [0.3, 0.4) is 0 Å². The van der Waals surface area contributed by atoms with Gasteiger partial charge in [0.05, 0.1) is 13.2 Å². The average Bonchev–Trinajstić information content (AvgIpc) is 2.49. The Bertz CT molecular complexity index is 557. The standard InChI is InChI=1S/C17H21NO3/c18-15-6-3-7-16(13-15)20-11-4-12-21-17-8-2-1-5-14(17)9-10-19/h1-3,5-8,13,19H,4,9-12,18H2. The lowest BCUT2D eigenvalue weighted by Gasteiger charge is -2.11. The minimum Gasteiger partial charge on any atom is -0.493 e. The highest BCUT2D eigenvalue weighted by Gasteiger charge is 2.02.